The molecule has 1 aromatic carbocycles. The van der Waals surface area contributed by atoms with Gasteiger partial charge in [0.25, 0.3) is 0 Å². The number of alkyl halides is 1. The first kappa shape index (κ1) is 14.3. The fraction of sp³-hybridized carbons (Fsp3) is 0.438. The van der Waals surface area contributed by atoms with E-state index in [2.05, 4.69) is 48.4 Å². The Kier molecular flexibility index (Phi) is 4.78. The molecule has 19 heavy (non-hydrogen) atoms. The molecule has 0 saturated carbocycles. The number of para-hydroxylation sites is 1. The van der Waals surface area contributed by atoms with Crippen molar-refractivity contribution in [2.24, 2.45) is 0 Å². The highest BCUT2D eigenvalue weighted by atomic mass is 35.5. The van der Waals surface area contributed by atoms with Crippen LogP contribution in [0, 0.1) is 0 Å². The van der Waals surface area contributed by atoms with Gasteiger partial charge in [-0.3, -0.25) is 4.98 Å². The molecule has 0 saturated heterocycles. The zero-order chi connectivity index (χ0) is 13.7. The zero-order valence-corrected chi connectivity index (χ0v) is 12.4. The van der Waals surface area contributed by atoms with E-state index in [-0.39, 0.29) is 5.54 Å². The molecule has 102 valence electrons. The third kappa shape index (κ3) is 3.68. The number of rotatable bonds is 6. The molecule has 0 aliphatic carbocycles. The van der Waals surface area contributed by atoms with Crippen LogP contribution in [-0.4, -0.2) is 16.4 Å². The Morgan fingerprint density at radius 2 is 2.00 bits per heavy atom. The lowest BCUT2D eigenvalue weighted by Gasteiger charge is -2.29. The first-order valence-corrected chi connectivity index (χ1v) is 7.36. The van der Waals surface area contributed by atoms with Gasteiger partial charge in [0.1, 0.15) is 0 Å². The summed E-state index contributed by atoms with van der Waals surface area (Å²) >= 11 is 5.87. The lowest BCUT2D eigenvalue weighted by atomic mass is 9.95. The summed E-state index contributed by atoms with van der Waals surface area (Å²) in [6.45, 7) is 5.19. The van der Waals surface area contributed by atoms with Gasteiger partial charge in [-0.25, -0.2) is 0 Å². The van der Waals surface area contributed by atoms with E-state index in [4.69, 9.17) is 11.6 Å². The zero-order valence-electron chi connectivity index (χ0n) is 11.6. The maximum absolute atomic E-state index is 5.87. The van der Waals surface area contributed by atoms with Crippen molar-refractivity contribution in [3.05, 3.63) is 42.1 Å². The predicted molar refractivity (Wildman–Crippen MR) is 82.6 cm³/mol. The molecular weight excluding hydrogens is 256 g/mol. The normalized spacial score (nSPS) is 14.5. The Bertz CT molecular complexity index is 541. The van der Waals surface area contributed by atoms with E-state index in [1.165, 1.54) is 5.39 Å². The number of fused-ring (bicyclic) bond motifs is 1. The summed E-state index contributed by atoms with van der Waals surface area (Å²) in [5.41, 5.74) is 2.22. The van der Waals surface area contributed by atoms with Gasteiger partial charge < -0.3 is 5.32 Å². The highest BCUT2D eigenvalue weighted by molar-refractivity contribution is 6.17. The maximum atomic E-state index is 5.87. The number of hydrogen-bond acceptors (Lipinski definition) is 2. The molecule has 0 aliphatic rings. The highest BCUT2D eigenvalue weighted by Gasteiger charge is 2.20. The number of aromatic nitrogens is 1. The number of pyridine rings is 1. The number of hydrogen-bond donors (Lipinski definition) is 1. The van der Waals surface area contributed by atoms with Gasteiger partial charge in [-0.1, -0.05) is 31.2 Å². The van der Waals surface area contributed by atoms with Gasteiger partial charge in [0.2, 0.25) is 0 Å². The minimum atomic E-state index is 0.0923. The van der Waals surface area contributed by atoms with Crippen molar-refractivity contribution >= 4 is 22.5 Å². The molecule has 0 amide bonds. The van der Waals surface area contributed by atoms with E-state index in [9.17, 15) is 0 Å². The summed E-state index contributed by atoms with van der Waals surface area (Å²) in [6, 6.07) is 12.4. The van der Waals surface area contributed by atoms with E-state index in [0.29, 0.717) is 5.88 Å². The van der Waals surface area contributed by atoms with Crippen LogP contribution in [0.25, 0.3) is 10.9 Å². The summed E-state index contributed by atoms with van der Waals surface area (Å²) in [6.07, 6.45) is 2.03. The van der Waals surface area contributed by atoms with E-state index >= 15 is 0 Å². The number of halogens is 1. The Morgan fingerprint density at radius 1 is 1.21 bits per heavy atom. The van der Waals surface area contributed by atoms with Crippen LogP contribution in [-0.2, 0) is 6.54 Å². The fourth-order valence-electron chi connectivity index (χ4n) is 2.11. The molecule has 1 heterocycles. The second-order valence-electron chi connectivity index (χ2n) is 5.20. The smallest absolute Gasteiger partial charge is 0.0705 e. The third-order valence-electron chi connectivity index (χ3n) is 3.78. The summed E-state index contributed by atoms with van der Waals surface area (Å²) in [5.74, 6) is 0.683. The average Bonchev–Trinajstić information content (AvgIpc) is 2.45. The summed E-state index contributed by atoms with van der Waals surface area (Å²) in [4.78, 5) is 4.68. The van der Waals surface area contributed by atoms with Crippen molar-refractivity contribution < 1.29 is 0 Å². The first-order chi connectivity index (χ1) is 9.17. The Morgan fingerprint density at radius 3 is 2.74 bits per heavy atom. The molecular formula is C16H21ClN2. The van der Waals surface area contributed by atoms with E-state index in [1.54, 1.807) is 0 Å². The van der Waals surface area contributed by atoms with Crippen LogP contribution >= 0.6 is 11.6 Å². The highest BCUT2D eigenvalue weighted by Crippen LogP contribution is 2.17. The SMILES string of the molecule is CCC(C)(CCCl)NCc1ccc2ccccc2n1. The number of benzene rings is 1. The Labute approximate surface area is 120 Å². The van der Waals surface area contributed by atoms with Crippen LogP contribution in [0.1, 0.15) is 32.4 Å². The second-order valence-corrected chi connectivity index (χ2v) is 5.58. The molecule has 1 aromatic heterocycles. The van der Waals surface area contributed by atoms with E-state index in [1.807, 2.05) is 12.1 Å². The molecule has 2 aromatic rings. The van der Waals surface area contributed by atoms with E-state index < -0.39 is 0 Å². The minimum absolute atomic E-state index is 0.0923. The molecule has 3 heteroatoms. The van der Waals surface area contributed by atoms with Crippen molar-refractivity contribution in [3.8, 4) is 0 Å². The second kappa shape index (κ2) is 6.36. The van der Waals surface area contributed by atoms with Crippen LogP contribution in [0.4, 0.5) is 0 Å². The molecule has 1 N–H and O–H groups in total. The standard InChI is InChI=1S/C16H21ClN2/c1-3-16(2,10-11-17)18-12-14-9-8-13-6-4-5-7-15(13)19-14/h4-9,18H,3,10-12H2,1-2H3. The molecule has 2 nitrogen and oxygen atoms in total. The largest absolute Gasteiger partial charge is 0.306 e. The number of nitrogens with zero attached hydrogens (tertiary/aromatic N) is 1. The minimum Gasteiger partial charge on any atom is -0.306 e. The fourth-order valence-corrected chi connectivity index (χ4v) is 2.53. The van der Waals surface area contributed by atoms with Crippen molar-refractivity contribution in [2.45, 2.75) is 38.8 Å². The quantitative estimate of drug-likeness (QED) is 0.803. The predicted octanol–water partition coefficient (Wildman–Crippen LogP) is 4.12. The summed E-state index contributed by atoms with van der Waals surface area (Å²) < 4.78 is 0. The molecule has 1 unspecified atom stereocenters. The van der Waals surface area contributed by atoms with Crippen molar-refractivity contribution in [1.82, 2.24) is 10.3 Å². The van der Waals surface area contributed by atoms with E-state index in [0.717, 1.165) is 30.6 Å². The summed E-state index contributed by atoms with van der Waals surface area (Å²) in [7, 11) is 0. The molecule has 1 atom stereocenters. The monoisotopic (exact) mass is 276 g/mol. The molecule has 0 aliphatic heterocycles. The van der Waals surface area contributed by atoms with Gasteiger partial charge in [0.15, 0.2) is 0 Å². The van der Waals surface area contributed by atoms with Gasteiger partial charge >= 0.3 is 0 Å². The van der Waals surface area contributed by atoms with Gasteiger partial charge in [-0.15, -0.1) is 11.6 Å². The third-order valence-corrected chi connectivity index (χ3v) is 3.97. The van der Waals surface area contributed by atoms with Crippen molar-refractivity contribution in [2.75, 3.05) is 5.88 Å². The van der Waals surface area contributed by atoms with Gasteiger partial charge in [-0.2, -0.15) is 0 Å². The van der Waals surface area contributed by atoms with Crippen molar-refractivity contribution in [1.29, 1.82) is 0 Å². The lowest BCUT2D eigenvalue weighted by molar-refractivity contribution is 0.329. The maximum Gasteiger partial charge on any atom is 0.0705 e. The Balaban J connectivity index is 2.09. The molecule has 2 rings (SSSR count). The number of nitrogens with one attached hydrogen (secondary N) is 1. The molecule has 0 fully saturated rings. The topological polar surface area (TPSA) is 24.9 Å². The van der Waals surface area contributed by atoms with Gasteiger partial charge in [0, 0.05) is 23.3 Å². The summed E-state index contributed by atoms with van der Waals surface area (Å²) in [5, 5.41) is 4.77. The van der Waals surface area contributed by atoms with Gasteiger partial charge in [-0.05, 0) is 31.9 Å². The molecule has 0 radical (unpaired) electrons. The molecule has 0 spiro atoms. The van der Waals surface area contributed by atoms with Crippen LogP contribution < -0.4 is 5.32 Å². The van der Waals surface area contributed by atoms with Crippen LogP contribution in [0.3, 0.4) is 0 Å². The molecule has 0 bridgehead atoms. The van der Waals surface area contributed by atoms with Crippen LogP contribution in [0.15, 0.2) is 36.4 Å². The van der Waals surface area contributed by atoms with Crippen molar-refractivity contribution in [3.63, 3.8) is 0 Å². The van der Waals surface area contributed by atoms with Crippen LogP contribution in [0.5, 0.6) is 0 Å². The Hall–Kier alpha value is -1.12. The van der Waals surface area contributed by atoms with Gasteiger partial charge in [0.05, 0.1) is 11.2 Å². The lowest BCUT2D eigenvalue weighted by Crippen LogP contribution is -2.41. The van der Waals surface area contributed by atoms with Crippen LogP contribution in [0.2, 0.25) is 0 Å². The average molecular weight is 277 g/mol. The first-order valence-electron chi connectivity index (χ1n) is 6.82.